The van der Waals surface area contributed by atoms with Gasteiger partial charge in [-0.1, -0.05) is 134 Å². The molecule has 1 aliphatic rings. The Balaban J connectivity index is 1.29. The smallest absolute Gasteiger partial charge is 0.184 e. The highest BCUT2D eigenvalue weighted by atomic mass is 16.7. The minimum atomic E-state index is -0.520. The number of ether oxygens (including phenoxy) is 2. The Morgan fingerprint density at radius 3 is 1.82 bits per heavy atom. The van der Waals surface area contributed by atoms with E-state index in [4.69, 9.17) is 15.2 Å². The van der Waals surface area contributed by atoms with Gasteiger partial charge in [-0.25, -0.2) is 0 Å². The summed E-state index contributed by atoms with van der Waals surface area (Å²) in [7, 11) is 0. The highest BCUT2D eigenvalue weighted by Crippen LogP contribution is 2.42. The van der Waals surface area contributed by atoms with Crippen molar-refractivity contribution in [1.29, 1.82) is 0 Å². The van der Waals surface area contributed by atoms with E-state index >= 15 is 0 Å². The van der Waals surface area contributed by atoms with E-state index in [1.54, 1.807) is 0 Å². The maximum Gasteiger partial charge on any atom is 0.184 e. The first-order valence-corrected chi connectivity index (χ1v) is 15.8. The Hall–Kier alpha value is -4.10. The van der Waals surface area contributed by atoms with Crippen LogP contribution in [-0.4, -0.2) is 22.7 Å². The molecule has 45 heavy (non-hydrogen) atoms. The van der Waals surface area contributed by atoms with Crippen LogP contribution in [-0.2, 0) is 35.7 Å². The van der Waals surface area contributed by atoms with E-state index in [0.717, 1.165) is 53.0 Å². The van der Waals surface area contributed by atoms with Crippen LogP contribution >= 0.6 is 0 Å². The van der Waals surface area contributed by atoms with Crippen molar-refractivity contribution >= 4 is 0 Å². The normalized spacial score (nSPS) is 19.9. The zero-order chi connectivity index (χ0) is 31.0. The maximum absolute atomic E-state index is 9.64. The average Bonchev–Trinajstić information content (AvgIpc) is 3.10. The Morgan fingerprint density at radius 2 is 1.22 bits per heavy atom. The van der Waals surface area contributed by atoms with Crippen LogP contribution in [0.5, 0.6) is 0 Å². The predicted molar refractivity (Wildman–Crippen MR) is 180 cm³/mol. The molecule has 4 unspecified atom stereocenters. The lowest BCUT2D eigenvalue weighted by Gasteiger charge is -2.43. The Labute approximate surface area is 266 Å². The summed E-state index contributed by atoms with van der Waals surface area (Å²) in [6.07, 6.45) is -0.772. The fourth-order valence-corrected chi connectivity index (χ4v) is 6.16. The molecular weight excluding hydrogens is 556 g/mol. The average molecular weight is 599 g/mol. The standard InChI is InChI=1S/C40H42N2O3/c1-29-38(27-42(25-30-9-4-2-5-10-30)26-31-11-6-3-7-12-31)44-40(45-39(29)35-17-15-32(28-43)16-18-35)36-21-19-34(20-22-36)37-14-8-13-33(23-37)24-41/h2-23,29,38-40,43H,24-28,41H2,1H3. The zero-order valence-corrected chi connectivity index (χ0v) is 25.8. The van der Waals surface area contributed by atoms with Crippen molar-refractivity contribution in [2.45, 2.75) is 51.7 Å². The van der Waals surface area contributed by atoms with Gasteiger partial charge in [0.2, 0.25) is 0 Å². The third-order valence-corrected chi connectivity index (χ3v) is 8.74. The molecular formula is C40H42N2O3. The molecule has 3 N–H and O–H groups in total. The van der Waals surface area contributed by atoms with Crippen molar-refractivity contribution in [2.75, 3.05) is 6.54 Å². The van der Waals surface area contributed by atoms with Gasteiger partial charge in [-0.2, -0.15) is 0 Å². The number of hydrogen-bond donors (Lipinski definition) is 2. The molecule has 6 rings (SSSR count). The lowest BCUT2D eigenvalue weighted by Crippen LogP contribution is -2.44. The number of aliphatic hydroxyl groups excluding tert-OH is 1. The quantitative estimate of drug-likeness (QED) is 0.162. The lowest BCUT2D eigenvalue weighted by atomic mass is 9.89. The van der Waals surface area contributed by atoms with Crippen molar-refractivity contribution in [2.24, 2.45) is 11.7 Å². The number of nitrogens with two attached hydrogens (primary N) is 1. The molecule has 5 nitrogen and oxygen atoms in total. The van der Waals surface area contributed by atoms with Crippen molar-refractivity contribution < 1.29 is 14.6 Å². The van der Waals surface area contributed by atoms with Crippen molar-refractivity contribution in [1.82, 2.24) is 4.90 Å². The van der Waals surface area contributed by atoms with Gasteiger partial charge in [0.25, 0.3) is 0 Å². The van der Waals surface area contributed by atoms with Crippen LogP contribution in [0.2, 0.25) is 0 Å². The number of hydrogen-bond acceptors (Lipinski definition) is 5. The van der Waals surface area contributed by atoms with Gasteiger partial charge in [-0.3, -0.25) is 4.90 Å². The summed E-state index contributed by atoms with van der Waals surface area (Å²) in [5, 5.41) is 9.64. The molecule has 5 aromatic rings. The first-order chi connectivity index (χ1) is 22.1. The Morgan fingerprint density at radius 1 is 0.622 bits per heavy atom. The molecule has 0 amide bonds. The summed E-state index contributed by atoms with van der Waals surface area (Å²) in [6, 6.07) is 46.2. The third-order valence-electron chi connectivity index (χ3n) is 8.74. The highest BCUT2D eigenvalue weighted by molar-refractivity contribution is 5.64. The van der Waals surface area contributed by atoms with E-state index in [0.29, 0.717) is 6.54 Å². The van der Waals surface area contributed by atoms with Crippen LogP contribution in [0.25, 0.3) is 11.1 Å². The number of benzene rings is 5. The second-order valence-corrected chi connectivity index (χ2v) is 12.0. The summed E-state index contributed by atoms with van der Waals surface area (Å²) in [5.41, 5.74) is 14.8. The second kappa shape index (κ2) is 14.8. The molecule has 4 atom stereocenters. The predicted octanol–water partition coefficient (Wildman–Crippen LogP) is 7.80. The zero-order valence-electron chi connectivity index (χ0n) is 25.8. The van der Waals surface area contributed by atoms with Gasteiger partial charge >= 0.3 is 0 Å². The summed E-state index contributed by atoms with van der Waals surface area (Å²) in [4.78, 5) is 2.48. The molecule has 1 aliphatic heterocycles. The fourth-order valence-electron chi connectivity index (χ4n) is 6.16. The van der Waals surface area contributed by atoms with Gasteiger partial charge in [-0.05, 0) is 45.0 Å². The van der Waals surface area contributed by atoms with Crippen LogP contribution in [0.15, 0.2) is 133 Å². The van der Waals surface area contributed by atoms with Crippen molar-refractivity contribution in [3.63, 3.8) is 0 Å². The SMILES string of the molecule is CC1C(CN(Cc2ccccc2)Cc2ccccc2)OC(c2ccc(-c3cccc(CN)c3)cc2)OC1c1ccc(CO)cc1. The molecule has 0 bridgehead atoms. The largest absolute Gasteiger partial charge is 0.392 e. The molecule has 1 heterocycles. The summed E-state index contributed by atoms with van der Waals surface area (Å²) >= 11 is 0. The summed E-state index contributed by atoms with van der Waals surface area (Å²) in [6.45, 7) is 5.15. The second-order valence-electron chi connectivity index (χ2n) is 12.0. The highest BCUT2D eigenvalue weighted by Gasteiger charge is 2.39. The van der Waals surface area contributed by atoms with E-state index in [2.05, 4.69) is 127 Å². The minimum Gasteiger partial charge on any atom is -0.392 e. The Kier molecular flexibility index (Phi) is 10.2. The van der Waals surface area contributed by atoms with Gasteiger partial charge < -0.3 is 20.3 Å². The number of aliphatic hydroxyl groups is 1. The van der Waals surface area contributed by atoms with Gasteiger partial charge in [0.1, 0.15) is 0 Å². The van der Waals surface area contributed by atoms with E-state index in [1.807, 2.05) is 18.2 Å². The number of nitrogens with zero attached hydrogens (tertiary/aromatic N) is 1. The summed E-state index contributed by atoms with van der Waals surface area (Å²) < 4.78 is 13.6. The first kappa shape index (κ1) is 30.9. The van der Waals surface area contributed by atoms with Crippen LogP contribution < -0.4 is 5.73 Å². The van der Waals surface area contributed by atoms with E-state index in [-0.39, 0.29) is 24.7 Å². The molecule has 0 spiro atoms. The van der Waals surface area contributed by atoms with E-state index in [1.165, 1.54) is 11.1 Å². The minimum absolute atomic E-state index is 0.0180. The molecule has 5 heteroatoms. The van der Waals surface area contributed by atoms with E-state index < -0.39 is 6.29 Å². The maximum atomic E-state index is 9.64. The molecule has 0 aromatic heterocycles. The van der Waals surface area contributed by atoms with Gasteiger partial charge in [-0.15, -0.1) is 0 Å². The summed E-state index contributed by atoms with van der Waals surface area (Å²) in [5.74, 6) is 0.0912. The fraction of sp³-hybridized carbons (Fsp3) is 0.250. The van der Waals surface area contributed by atoms with Crippen LogP contribution in [0.3, 0.4) is 0 Å². The van der Waals surface area contributed by atoms with Crippen molar-refractivity contribution in [3.05, 3.63) is 167 Å². The van der Waals surface area contributed by atoms with Crippen LogP contribution in [0, 0.1) is 5.92 Å². The van der Waals surface area contributed by atoms with Crippen molar-refractivity contribution in [3.8, 4) is 11.1 Å². The monoisotopic (exact) mass is 598 g/mol. The van der Waals surface area contributed by atoms with Gasteiger partial charge in [0.05, 0.1) is 18.8 Å². The molecule has 5 aromatic carbocycles. The first-order valence-electron chi connectivity index (χ1n) is 15.8. The van der Waals surface area contributed by atoms with Gasteiger partial charge in [0.15, 0.2) is 6.29 Å². The lowest BCUT2D eigenvalue weighted by molar-refractivity contribution is -0.276. The molecule has 1 saturated heterocycles. The molecule has 0 aliphatic carbocycles. The topological polar surface area (TPSA) is 68.0 Å². The number of rotatable bonds is 11. The van der Waals surface area contributed by atoms with Gasteiger partial charge in [0, 0.05) is 37.7 Å². The van der Waals surface area contributed by atoms with Crippen LogP contribution in [0.1, 0.15) is 52.7 Å². The Bertz CT molecular complexity index is 1580. The van der Waals surface area contributed by atoms with E-state index in [9.17, 15) is 5.11 Å². The third kappa shape index (κ3) is 7.77. The molecule has 0 radical (unpaired) electrons. The molecule has 1 fully saturated rings. The molecule has 230 valence electrons. The molecule has 0 saturated carbocycles. The van der Waals surface area contributed by atoms with Crippen LogP contribution in [0.4, 0.5) is 0 Å².